The fourth-order valence-corrected chi connectivity index (χ4v) is 2.86. The second-order valence-electron chi connectivity index (χ2n) is 6.67. The van der Waals surface area contributed by atoms with Crippen LogP contribution < -0.4 is 10.5 Å². The highest BCUT2D eigenvalue weighted by Gasteiger charge is 2.26. The van der Waals surface area contributed by atoms with Gasteiger partial charge in [0.1, 0.15) is 17.6 Å². The smallest absolute Gasteiger partial charge is 0.326 e. The van der Waals surface area contributed by atoms with Crippen molar-refractivity contribution >= 4 is 29.0 Å². The van der Waals surface area contributed by atoms with Crippen LogP contribution in [0.3, 0.4) is 0 Å². The highest BCUT2D eigenvalue weighted by atomic mass is 16.5. The van der Waals surface area contributed by atoms with Crippen molar-refractivity contribution in [2.75, 3.05) is 19.4 Å². The van der Waals surface area contributed by atoms with Gasteiger partial charge < -0.3 is 20.5 Å². The molecule has 1 amide bonds. The number of carbonyl (C=O) groups is 2. The Labute approximate surface area is 152 Å². The van der Waals surface area contributed by atoms with Crippen molar-refractivity contribution in [3.63, 3.8) is 0 Å². The number of rotatable bonds is 9. The zero-order chi connectivity index (χ0) is 19.3. The quantitative estimate of drug-likeness (QED) is 0.666. The maximum atomic E-state index is 11.8. The number of pyridine rings is 1. The van der Waals surface area contributed by atoms with E-state index in [4.69, 9.17) is 10.5 Å². The number of benzene rings is 1. The minimum absolute atomic E-state index is 0.146. The van der Waals surface area contributed by atoms with Crippen LogP contribution in [0, 0.1) is 5.92 Å². The highest BCUT2D eigenvalue weighted by Crippen LogP contribution is 2.30. The number of nitrogens with zero attached hydrogens (tertiary/aromatic N) is 2. The number of methoxy groups -OCH3 is 1. The number of ether oxygens (including phenoxy) is 1. The zero-order valence-electron chi connectivity index (χ0n) is 15.3. The monoisotopic (exact) mass is 359 g/mol. The lowest BCUT2D eigenvalue weighted by molar-refractivity contribution is -0.146. The average molecular weight is 359 g/mol. The van der Waals surface area contributed by atoms with E-state index in [0.29, 0.717) is 36.0 Å². The van der Waals surface area contributed by atoms with Crippen molar-refractivity contribution in [2.45, 2.75) is 32.7 Å². The minimum Gasteiger partial charge on any atom is -0.496 e. The number of fused-ring (bicyclic) bond motifs is 1. The van der Waals surface area contributed by atoms with Gasteiger partial charge in [0.25, 0.3) is 0 Å². The van der Waals surface area contributed by atoms with Crippen molar-refractivity contribution in [1.82, 2.24) is 9.88 Å². The molecule has 0 saturated carbocycles. The second-order valence-corrected chi connectivity index (χ2v) is 6.67. The van der Waals surface area contributed by atoms with Crippen LogP contribution >= 0.6 is 0 Å². The number of carbonyl (C=O) groups excluding carboxylic acids is 1. The number of nitrogen functional groups attached to an aromatic ring is 1. The van der Waals surface area contributed by atoms with Crippen molar-refractivity contribution in [1.29, 1.82) is 0 Å². The maximum absolute atomic E-state index is 11.8. The fraction of sp³-hybridized carbons (Fsp3) is 0.421. The summed E-state index contributed by atoms with van der Waals surface area (Å²) in [7, 11) is 1.52. The van der Waals surface area contributed by atoms with E-state index in [1.54, 1.807) is 18.3 Å². The number of carboxylic acid groups (broad SMARTS) is 1. The summed E-state index contributed by atoms with van der Waals surface area (Å²) in [4.78, 5) is 28.7. The van der Waals surface area contributed by atoms with E-state index in [1.807, 2.05) is 19.9 Å². The number of aliphatic carboxylic acids is 1. The van der Waals surface area contributed by atoms with Crippen molar-refractivity contribution < 1.29 is 19.4 Å². The van der Waals surface area contributed by atoms with Crippen LogP contribution in [-0.4, -0.2) is 47.1 Å². The molecule has 0 saturated heterocycles. The first kappa shape index (κ1) is 19.5. The van der Waals surface area contributed by atoms with E-state index in [1.165, 1.54) is 12.0 Å². The van der Waals surface area contributed by atoms with Gasteiger partial charge in [-0.2, -0.15) is 0 Å². The Bertz CT molecular complexity index is 792. The largest absolute Gasteiger partial charge is 0.496 e. The first-order valence-electron chi connectivity index (χ1n) is 8.52. The van der Waals surface area contributed by atoms with Crippen LogP contribution in [-0.2, 0) is 16.0 Å². The molecule has 1 atom stereocenters. The molecule has 0 fully saturated rings. The molecule has 0 aliphatic rings. The first-order valence-corrected chi connectivity index (χ1v) is 8.52. The van der Waals surface area contributed by atoms with Gasteiger partial charge in [0.05, 0.1) is 7.11 Å². The number of carboxylic acids is 1. The lowest BCUT2D eigenvalue weighted by atomic mass is 9.99. The van der Waals surface area contributed by atoms with E-state index in [2.05, 4.69) is 4.98 Å². The van der Waals surface area contributed by atoms with Gasteiger partial charge in [-0.1, -0.05) is 13.8 Å². The Morgan fingerprint density at radius 1 is 1.42 bits per heavy atom. The molecule has 0 spiro atoms. The number of hydrogen-bond donors (Lipinski definition) is 2. The third kappa shape index (κ3) is 4.41. The summed E-state index contributed by atoms with van der Waals surface area (Å²) in [5, 5.41) is 11.2. The molecular weight excluding hydrogens is 334 g/mol. The number of anilines is 1. The minimum atomic E-state index is -1.04. The maximum Gasteiger partial charge on any atom is 0.326 e. The van der Waals surface area contributed by atoms with Gasteiger partial charge >= 0.3 is 5.97 Å². The lowest BCUT2D eigenvalue weighted by Crippen LogP contribution is -2.42. The van der Waals surface area contributed by atoms with Crippen LogP contribution in [0.2, 0.25) is 0 Å². The van der Waals surface area contributed by atoms with Crippen molar-refractivity contribution in [3.05, 3.63) is 30.0 Å². The van der Waals surface area contributed by atoms with Crippen LogP contribution in [0.5, 0.6) is 5.75 Å². The third-order valence-corrected chi connectivity index (χ3v) is 4.39. The summed E-state index contributed by atoms with van der Waals surface area (Å²) < 4.78 is 5.42. The van der Waals surface area contributed by atoms with Gasteiger partial charge in [-0.15, -0.1) is 0 Å². The molecule has 1 aromatic carbocycles. The van der Waals surface area contributed by atoms with Crippen LogP contribution in [0.15, 0.2) is 24.4 Å². The Kier molecular flexibility index (Phi) is 6.38. The first-order chi connectivity index (χ1) is 12.4. The molecule has 7 nitrogen and oxygen atoms in total. The predicted molar refractivity (Wildman–Crippen MR) is 100 cm³/mol. The van der Waals surface area contributed by atoms with Gasteiger partial charge in [0.15, 0.2) is 0 Å². The summed E-state index contributed by atoms with van der Waals surface area (Å²) in [6.07, 6.45) is 3.09. The summed E-state index contributed by atoms with van der Waals surface area (Å²) in [6.45, 7) is 4.46. The Hall–Kier alpha value is -2.83. The van der Waals surface area contributed by atoms with Crippen LogP contribution in [0.25, 0.3) is 10.8 Å². The topological polar surface area (TPSA) is 106 Å². The summed E-state index contributed by atoms with van der Waals surface area (Å²) in [5.41, 5.74) is 6.60. The number of nitrogens with two attached hydrogens (primary N) is 1. The Balaban J connectivity index is 2.38. The number of hydrogen-bond acceptors (Lipinski definition) is 5. The van der Waals surface area contributed by atoms with Crippen LogP contribution in [0.1, 0.15) is 25.8 Å². The molecule has 0 aliphatic carbocycles. The van der Waals surface area contributed by atoms with E-state index >= 15 is 0 Å². The van der Waals surface area contributed by atoms with Gasteiger partial charge in [0, 0.05) is 24.5 Å². The van der Waals surface area contributed by atoms with Gasteiger partial charge in [0.2, 0.25) is 6.41 Å². The molecule has 26 heavy (non-hydrogen) atoms. The van der Waals surface area contributed by atoms with Crippen LogP contribution in [0.4, 0.5) is 5.82 Å². The second kappa shape index (κ2) is 8.51. The van der Waals surface area contributed by atoms with Crippen molar-refractivity contribution in [2.24, 2.45) is 5.92 Å². The molecule has 0 aliphatic heterocycles. The summed E-state index contributed by atoms with van der Waals surface area (Å²) in [6, 6.07) is 4.44. The molecule has 140 valence electrons. The molecule has 1 aromatic heterocycles. The molecule has 1 heterocycles. The van der Waals surface area contributed by atoms with Gasteiger partial charge in [-0.3, -0.25) is 4.79 Å². The van der Waals surface area contributed by atoms with Crippen molar-refractivity contribution in [3.8, 4) is 5.75 Å². The van der Waals surface area contributed by atoms with E-state index < -0.39 is 12.0 Å². The Morgan fingerprint density at radius 3 is 2.73 bits per heavy atom. The summed E-state index contributed by atoms with van der Waals surface area (Å²) >= 11 is 0. The lowest BCUT2D eigenvalue weighted by Gasteiger charge is -2.26. The normalized spacial score (nSPS) is 12.2. The van der Waals surface area contributed by atoms with E-state index in [-0.39, 0.29) is 6.42 Å². The summed E-state index contributed by atoms with van der Waals surface area (Å²) in [5.74, 6) is 0.238. The molecule has 7 heteroatoms. The predicted octanol–water partition coefficient (Wildman–Crippen LogP) is 2.33. The van der Waals surface area contributed by atoms with E-state index in [0.717, 1.165) is 17.2 Å². The molecule has 0 unspecified atom stereocenters. The molecule has 2 rings (SSSR count). The van der Waals surface area contributed by atoms with Gasteiger partial charge in [-0.25, -0.2) is 9.78 Å². The molecule has 2 aromatic rings. The molecule has 0 bridgehead atoms. The van der Waals surface area contributed by atoms with Gasteiger partial charge in [-0.05, 0) is 41.5 Å². The number of amides is 1. The fourth-order valence-electron chi connectivity index (χ4n) is 2.86. The number of aromatic nitrogens is 1. The van der Waals surface area contributed by atoms with E-state index in [9.17, 15) is 14.7 Å². The Morgan fingerprint density at radius 2 is 2.15 bits per heavy atom. The average Bonchev–Trinajstić information content (AvgIpc) is 2.60. The molecular formula is C19H25N3O4. The SMILES string of the molecule is COc1cc2c(N)nccc2cc1C[C@H](C(=O)O)N(C=O)CCC(C)C. The molecule has 3 N–H and O–H groups in total. The standard InChI is InChI=1S/C19H25N3O4/c1-12(2)5-7-22(11-23)16(19(24)25)9-14-8-13-4-6-21-18(20)15(13)10-17(14)26-3/h4,6,8,10-12,16H,5,7,9H2,1-3H3,(H2,20,21)(H,24,25)/t16-/m1/s1. The molecule has 0 radical (unpaired) electrons. The third-order valence-electron chi connectivity index (χ3n) is 4.39. The zero-order valence-corrected chi connectivity index (χ0v) is 15.3. The highest BCUT2D eigenvalue weighted by molar-refractivity contribution is 5.92.